The highest BCUT2D eigenvalue weighted by Crippen LogP contribution is 2.35. The Hall–Kier alpha value is -1.75. The Labute approximate surface area is 117 Å². The lowest BCUT2D eigenvalue weighted by Gasteiger charge is -2.22. The van der Waals surface area contributed by atoms with Gasteiger partial charge in [0.2, 0.25) is 11.7 Å². The molecule has 0 spiro atoms. The Balaban J connectivity index is 1.95. The molecule has 0 aliphatic carbocycles. The van der Waals surface area contributed by atoms with Crippen LogP contribution in [-0.2, 0) is 5.41 Å². The van der Waals surface area contributed by atoms with Gasteiger partial charge < -0.3 is 9.84 Å². The van der Waals surface area contributed by atoms with Crippen LogP contribution in [0.5, 0.6) is 0 Å². The summed E-state index contributed by atoms with van der Waals surface area (Å²) < 4.78 is 19.2. The number of aromatic nitrogens is 2. The van der Waals surface area contributed by atoms with E-state index in [-0.39, 0.29) is 11.2 Å². The van der Waals surface area contributed by atoms with E-state index >= 15 is 0 Å². The van der Waals surface area contributed by atoms with Crippen LogP contribution >= 0.6 is 0 Å². The summed E-state index contributed by atoms with van der Waals surface area (Å²) in [6, 6.07) is 6.50. The highest BCUT2D eigenvalue weighted by Gasteiger charge is 2.40. The van der Waals surface area contributed by atoms with Crippen LogP contribution in [0, 0.1) is 5.82 Å². The number of nitrogens with one attached hydrogen (secondary N) is 1. The van der Waals surface area contributed by atoms with E-state index in [1.54, 1.807) is 18.2 Å². The van der Waals surface area contributed by atoms with Gasteiger partial charge in [-0.15, -0.1) is 0 Å². The molecule has 1 aliphatic heterocycles. The molecule has 0 saturated carbocycles. The van der Waals surface area contributed by atoms with Crippen LogP contribution < -0.4 is 5.32 Å². The zero-order valence-corrected chi connectivity index (χ0v) is 11.5. The van der Waals surface area contributed by atoms with Crippen molar-refractivity contribution in [1.82, 2.24) is 15.5 Å². The molecule has 0 amide bonds. The molecule has 2 heterocycles. The van der Waals surface area contributed by atoms with Crippen molar-refractivity contribution in [3.8, 4) is 11.4 Å². The largest absolute Gasteiger partial charge is 0.338 e. The molecule has 1 aromatic carbocycles. The molecule has 106 valence electrons. The van der Waals surface area contributed by atoms with Gasteiger partial charge in [0, 0.05) is 6.54 Å². The predicted octanol–water partition coefficient (Wildman–Crippen LogP) is 2.91. The predicted molar refractivity (Wildman–Crippen MR) is 73.8 cm³/mol. The first-order valence-corrected chi connectivity index (χ1v) is 7.05. The normalized spacial score (nSPS) is 22.3. The second kappa shape index (κ2) is 5.32. The van der Waals surface area contributed by atoms with E-state index in [0.29, 0.717) is 17.3 Å². The summed E-state index contributed by atoms with van der Waals surface area (Å²) in [5.41, 5.74) is 0.297. The smallest absolute Gasteiger partial charge is 0.234 e. The van der Waals surface area contributed by atoms with E-state index in [4.69, 9.17) is 4.52 Å². The molecular weight excluding hydrogens is 257 g/mol. The van der Waals surface area contributed by atoms with Crippen LogP contribution in [0.1, 0.15) is 32.1 Å². The summed E-state index contributed by atoms with van der Waals surface area (Å²) in [6.45, 7) is 3.95. The van der Waals surface area contributed by atoms with E-state index in [2.05, 4.69) is 22.4 Å². The summed E-state index contributed by atoms with van der Waals surface area (Å²) >= 11 is 0. The molecule has 0 bridgehead atoms. The molecule has 1 aromatic heterocycles. The fraction of sp³-hybridized carbons (Fsp3) is 0.467. The lowest BCUT2D eigenvalue weighted by Crippen LogP contribution is -2.29. The van der Waals surface area contributed by atoms with Crippen LogP contribution in [0.4, 0.5) is 4.39 Å². The van der Waals surface area contributed by atoms with Crippen LogP contribution in [0.15, 0.2) is 28.8 Å². The standard InChI is InChI=1S/C15H18FN3O/c1-2-7-15(8-9-17-10-15)14-18-13(19-20-14)11-5-3-4-6-12(11)16/h3-6,17H,2,7-10H2,1H3. The van der Waals surface area contributed by atoms with E-state index < -0.39 is 0 Å². The molecule has 3 rings (SSSR count). The first-order chi connectivity index (χ1) is 9.75. The van der Waals surface area contributed by atoms with Gasteiger partial charge in [-0.3, -0.25) is 0 Å². The summed E-state index contributed by atoms with van der Waals surface area (Å²) in [4.78, 5) is 4.46. The number of hydrogen-bond acceptors (Lipinski definition) is 4. The maximum atomic E-state index is 13.8. The van der Waals surface area contributed by atoms with E-state index in [9.17, 15) is 4.39 Å². The van der Waals surface area contributed by atoms with Gasteiger partial charge in [-0.25, -0.2) is 4.39 Å². The molecule has 1 unspecified atom stereocenters. The van der Waals surface area contributed by atoms with Crippen LogP contribution in [0.25, 0.3) is 11.4 Å². The molecule has 1 fully saturated rings. The zero-order chi connectivity index (χ0) is 14.0. The van der Waals surface area contributed by atoms with Gasteiger partial charge in [0.05, 0.1) is 11.0 Å². The molecule has 1 atom stereocenters. The molecule has 1 N–H and O–H groups in total. The number of benzene rings is 1. The second-order valence-electron chi connectivity index (χ2n) is 5.36. The third-order valence-electron chi connectivity index (χ3n) is 3.97. The van der Waals surface area contributed by atoms with Gasteiger partial charge in [-0.05, 0) is 31.5 Å². The van der Waals surface area contributed by atoms with Crippen molar-refractivity contribution >= 4 is 0 Å². The second-order valence-corrected chi connectivity index (χ2v) is 5.36. The first kappa shape index (κ1) is 13.2. The average Bonchev–Trinajstić information content (AvgIpc) is 3.09. The maximum Gasteiger partial charge on any atom is 0.234 e. The van der Waals surface area contributed by atoms with Crippen molar-refractivity contribution in [2.45, 2.75) is 31.6 Å². The first-order valence-electron chi connectivity index (χ1n) is 7.05. The molecule has 5 heteroatoms. The minimum Gasteiger partial charge on any atom is -0.338 e. The monoisotopic (exact) mass is 275 g/mol. The minimum absolute atomic E-state index is 0.0920. The average molecular weight is 275 g/mol. The SMILES string of the molecule is CCCC1(c2nc(-c3ccccc3F)no2)CCNC1. The Bertz CT molecular complexity index is 590. The number of rotatable bonds is 4. The topological polar surface area (TPSA) is 51.0 Å². The maximum absolute atomic E-state index is 13.8. The Morgan fingerprint density at radius 2 is 2.25 bits per heavy atom. The highest BCUT2D eigenvalue weighted by atomic mass is 19.1. The summed E-state index contributed by atoms with van der Waals surface area (Å²) in [6.07, 6.45) is 3.04. The molecule has 0 radical (unpaired) electrons. The molecule has 1 aliphatic rings. The Morgan fingerprint density at radius 3 is 2.95 bits per heavy atom. The van der Waals surface area contributed by atoms with Gasteiger partial charge >= 0.3 is 0 Å². The minimum atomic E-state index is -0.325. The van der Waals surface area contributed by atoms with Crippen LogP contribution in [0.2, 0.25) is 0 Å². The van der Waals surface area contributed by atoms with Crippen molar-refractivity contribution in [3.63, 3.8) is 0 Å². The zero-order valence-electron chi connectivity index (χ0n) is 11.5. The lowest BCUT2D eigenvalue weighted by molar-refractivity contribution is 0.277. The summed E-state index contributed by atoms with van der Waals surface area (Å²) in [5.74, 6) is 0.636. The van der Waals surface area contributed by atoms with E-state index in [1.807, 2.05) is 0 Å². The number of hydrogen-bond donors (Lipinski definition) is 1. The quantitative estimate of drug-likeness (QED) is 0.932. The van der Waals surface area contributed by atoms with E-state index in [0.717, 1.165) is 32.4 Å². The van der Waals surface area contributed by atoms with Crippen molar-refractivity contribution in [3.05, 3.63) is 36.0 Å². The van der Waals surface area contributed by atoms with Crippen molar-refractivity contribution in [2.75, 3.05) is 13.1 Å². The summed E-state index contributed by atoms with van der Waals surface area (Å²) in [5, 5.41) is 7.32. The fourth-order valence-corrected chi connectivity index (χ4v) is 2.92. The van der Waals surface area contributed by atoms with Crippen molar-refractivity contribution in [2.24, 2.45) is 0 Å². The van der Waals surface area contributed by atoms with Gasteiger partial charge in [-0.2, -0.15) is 4.98 Å². The van der Waals surface area contributed by atoms with Crippen LogP contribution in [-0.4, -0.2) is 23.2 Å². The Morgan fingerprint density at radius 1 is 1.40 bits per heavy atom. The number of nitrogens with zero attached hydrogens (tertiary/aromatic N) is 2. The lowest BCUT2D eigenvalue weighted by atomic mass is 9.82. The third kappa shape index (κ3) is 2.22. The van der Waals surface area contributed by atoms with Crippen molar-refractivity contribution < 1.29 is 8.91 Å². The van der Waals surface area contributed by atoms with Gasteiger partial charge in [0.15, 0.2) is 0 Å². The molecule has 20 heavy (non-hydrogen) atoms. The molecular formula is C15H18FN3O. The van der Waals surface area contributed by atoms with Gasteiger partial charge in [-0.1, -0.05) is 30.6 Å². The number of halogens is 1. The Kier molecular flexibility index (Phi) is 3.53. The van der Waals surface area contributed by atoms with Gasteiger partial charge in [0.25, 0.3) is 0 Å². The molecule has 4 nitrogen and oxygen atoms in total. The third-order valence-corrected chi connectivity index (χ3v) is 3.97. The molecule has 2 aromatic rings. The summed E-state index contributed by atoms with van der Waals surface area (Å²) in [7, 11) is 0. The fourth-order valence-electron chi connectivity index (χ4n) is 2.92. The van der Waals surface area contributed by atoms with Gasteiger partial charge in [0.1, 0.15) is 5.82 Å². The van der Waals surface area contributed by atoms with Crippen molar-refractivity contribution in [1.29, 1.82) is 0 Å². The highest BCUT2D eigenvalue weighted by molar-refractivity contribution is 5.54. The van der Waals surface area contributed by atoms with Crippen LogP contribution in [0.3, 0.4) is 0 Å². The van der Waals surface area contributed by atoms with E-state index in [1.165, 1.54) is 6.07 Å². The molecule has 1 saturated heterocycles.